The minimum atomic E-state index is -3.84. The molecule has 2 atom stereocenters. The lowest BCUT2D eigenvalue weighted by Crippen LogP contribution is -2.41. The summed E-state index contributed by atoms with van der Waals surface area (Å²) >= 11 is 0. The molecule has 1 saturated heterocycles. The number of fused-ring (bicyclic) bond motifs is 1. The van der Waals surface area contributed by atoms with Crippen LogP contribution in [0.2, 0.25) is 0 Å². The Bertz CT molecular complexity index is 1470. The minimum absolute atomic E-state index is 0.0193. The number of rotatable bonds is 9. The van der Waals surface area contributed by atoms with Gasteiger partial charge in [0, 0.05) is 23.5 Å². The highest BCUT2D eigenvalue weighted by atomic mass is 19.3. The van der Waals surface area contributed by atoms with Gasteiger partial charge in [0.05, 0.1) is 18.7 Å². The largest absolute Gasteiger partial charge is 0.490 e. The van der Waals surface area contributed by atoms with E-state index in [-0.39, 0.29) is 45.6 Å². The van der Waals surface area contributed by atoms with Crippen molar-refractivity contribution in [2.24, 2.45) is 5.41 Å². The molecule has 1 aliphatic heterocycles. The highest BCUT2D eigenvalue weighted by Gasteiger charge is 2.51. The molecule has 3 aromatic rings. The summed E-state index contributed by atoms with van der Waals surface area (Å²) in [5.74, 6) is -5.19. The van der Waals surface area contributed by atoms with Crippen molar-refractivity contribution in [2.45, 2.75) is 70.6 Å². The first-order valence-electron chi connectivity index (χ1n) is 13.7. The summed E-state index contributed by atoms with van der Waals surface area (Å²) in [7, 11) is 3.41. The van der Waals surface area contributed by atoms with Gasteiger partial charge in [-0.1, -0.05) is 12.1 Å². The number of likely N-dealkylation sites (tertiary alicyclic amines) is 1. The average molecular weight is 577 g/mol. The van der Waals surface area contributed by atoms with Gasteiger partial charge in [-0.2, -0.15) is 8.78 Å². The van der Waals surface area contributed by atoms with Gasteiger partial charge < -0.3 is 19.9 Å². The zero-order valence-corrected chi connectivity index (χ0v) is 24.1. The average Bonchev–Trinajstić information content (AvgIpc) is 3.56. The molecule has 0 bridgehead atoms. The first-order valence-corrected chi connectivity index (χ1v) is 13.7. The number of benzene rings is 2. The van der Waals surface area contributed by atoms with Crippen molar-refractivity contribution in [2.75, 3.05) is 32.6 Å². The molecule has 2 N–H and O–H groups in total. The monoisotopic (exact) mass is 576 g/mol. The first kappa shape index (κ1) is 29.3. The second kappa shape index (κ2) is 10.3. The molecule has 222 valence electrons. The van der Waals surface area contributed by atoms with E-state index in [2.05, 4.69) is 27.2 Å². The van der Waals surface area contributed by atoms with Gasteiger partial charge in [-0.15, -0.1) is 0 Å². The molecular weight excluding hydrogens is 540 g/mol. The number of hydrogen-bond acceptors (Lipinski definition) is 7. The van der Waals surface area contributed by atoms with E-state index < -0.39 is 34.8 Å². The number of anilines is 1. The number of methoxy groups -OCH3 is 1. The van der Waals surface area contributed by atoms with Crippen LogP contribution in [-0.2, 0) is 5.92 Å². The number of aliphatic hydroxyl groups is 1. The third kappa shape index (κ3) is 5.30. The lowest BCUT2D eigenvalue weighted by atomic mass is 9.91. The number of ether oxygens (including phenoxy) is 2. The fourth-order valence-electron chi connectivity index (χ4n) is 5.73. The summed E-state index contributed by atoms with van der Waals surface area (Å²) < 4.78 is 72.4. The summed E-state index contributed by atoms with van der Waals surface area (Å²) in [6, 6.07) is 4.54. The van der Waals surface area contributed by atoms with Crippen molar-refractivity contribution >= 4 is 16.7 Å². The molecule has 1 saturated carbocycles. The number of hydrogen-bond donors (Lipinski definition) is 2. The standard InChI is InChI=1S/C30H36F4N4O3/c1-16(19-8-7-9-21(23(19)31)30(33,34)28(3,4)39)35-27-20-12-22(26(40-6)24(32)25(20)36-17(2)37-27)41-14-18-13-29(10-11-29)15-38(18)5/h7-9,12,16,18,39H,10-11,13-15H2,1-6H3,(H,35,36,37)/t16-,18+/m1/s1. The van der Waals surface area contributed by atoms with Crippen LogP contribution in [0.25, 0.3) is 10.9 Å². The Morgan fingerprint density at radius 2 is 1.90 bits per heavy atom. The highest BCUT2D eigenvalue weighted by molar-refractivity contribution is 5.92. The normalized spacial score (nSPS) is 19.5. The van der Waals surface area contributed by atoms with E-state index in [1.807, 2.05) is 0 Å². The van der Waals surface area contributed by atoms with Gasteiger partial charge in [0.15, 0.2) is 17.3 Å². The van der Waals surface area contributed by atoms with Crippen molar-refractivity contribution in [3.8, 4) is 11.5 Å². The third-order valence-electron chi connectivity index (χ3n) is 8.39. The van der Waals surface area contributed by atoms with Crippen molar-refractivity contribution in [3.63, 3.8) is 0 Å². The van der Waals surface area contributed by atoms with Crippen LogP contribution in [0.1, 0.15) is 63.0 Å². The van der Waals surface area contributed by atoms with Gasteiger partial charge in [-0.3, -0.25) is 4.90 Å². The van der Waals surface area contributed by atoms with E-state index in [4.69, 9.17) is 9.47 Å². The maximum Gasteiger partial charge on any atom is 0.303 e. The van der Waals surface area contributed by atoms with Crippen LogP contribution in [0.5, 0.6) is 11.5 Å². The number of halogens is 4. The van der Waals surface area contributed by atoms with E-state index in [0.29, 0.717) is 12.0 Å². The Hall–Kier alpha value is -3.18. The Morgan fingerprint density at radius 3 is 2.51 bits per heavy atom. The van der Waals surface area contributed by atoms with E-state index in [0.717, 1.165) is 32.9 Å². The number of nitrogens with zero attached hydrogens (tertiary/aromatic N) is 3. The van der Waals surface area contributed by atoms with Gasteiger partial charge in [0.1, 0.15) is 35.2 Å². The quantitative estimate of drug-likeness (QED) is 0.297. The molecule has 2 heterocycles. The second-order valence-corrected chi connectivity index (χ2v) is 12.0. The second-order valence-electron chi connectivity index (χ2n) is 12.0. The zero-order valence-electron chi connectivity index (χ0n) is 24.1. The Labute approximate surface area is 236 Å². The highest BCUT2D eigenvalue weighted by Crippen LogP contribution is 2.54. The van der Waals surface area contributed by atoms with Crippen LogP contribution in [0.3, 0.4) is 0 Å². The molecule has 1 aromatic heterocycles. The molecule has 2 aliphatic rings. The lowest BCUT2D eigenvalue weighted by molar-refractivity contribution is -0.170. The molecule has 0 unspecified atom stereocenters. The summed E-state index contributed by atoms with van der Waals surface area (Å²) in [6.07, 6.45) is 3.45. The fraction of sp³-hybridized carbons (Fsp3) is 0.533. The third-order valence-corrected chi connectivity index (χ3v) is 8.39. The van der Waals surface area contributed by atoms with Crippen molar-refractivity contribution in [3.05, 3.63) is 52.9 Å². The predicted molar refractivity (Wildman–Crippen MR) is 148 cm³/mol. The van der Waals surface area contributed by atoms with E-state index in [9.17, 15) is 13.9 Å². The van der Waals surface area contributed by atoms with Crippen LogP contribution in [0, 0.1) is 24.0 Å². The molecular formula is C30H36F4N4O3. The van der Waals surface area contributed by atoms with Crippen LogP contribution >= 0.6 is 0 Å². The molecule has 2 fully saturated rings. The zero-order chi connectivity index (χ0) is 29.9. The van der Waals surface area contributed by atoms with Crippen molar-refractivity contribution in [1.82, 2.24) is 14.9 Å². The van der Waals surface area contributed by atoms with Crippen LogP contribution < -0.4 is 14.8 Å². The smallest absolute Gasteiger partial charge is 0.303 e. The van der Waals surface area contributed by atoms with Gasteiger partial charge >= 0.3 is 5.92 Å². The van der Waals surface area contributed by atoms with Crippen LogP contribution in [-0.4, -0.2) is 58.9 Å². The Morgan fingerprint density at radius 1 is 1.20 bits per heavy atom. The summed E-state index contributed by atoms with van der Waals surface area (Å²) in [4.78, 5) is 10.9. The summed E-state index contributed by atoms with van der Waals surface area (Å²) in [6.45, 7) is 6.37. The van der Waals surface area contributed by atoms with Gasteiger partial charge in [-0.05, 0) is 71.6 Å². The molecule has 0 amide bonds. The van der Waals surface area contributed by atoms with E-state index in [1.165, 1.54) is 32.1 Å². The van der Waals surface area contributed by atoms with Gasteiger partial charge in [-0.25, -0.2) is 18.7 Å². The number of aryl methyl sites for hydroxylation is 1. The predicted octanol–water partition coefficient (Wildman–Crippen LogP) is 6.12. The van der Waals surface area contributed by atoms with Gasteiger partial charge in [0.25, 0.3) is 0 Å². The molecule has 1 aliphatic carbocycles. The van der Waals surface area contributed by atoms with E-state index in [1.54, 1.807) is 19.9 Å². The van der Waals surface area contributed by atoms with Gasteiger partial charge in [0.2, 0.25) is 0 Å². The first-order chi connectivity index (χ1) is 19.2. The maximum absolute atomic E-state index is 15.7. The Balaban J connectivity index is 1.48. The molecule has 1 spiro atoms. The topological polar surface area (TPSA) is 79.7 Å². The number of alkyl halides is 2. The molecule has 11 heteroatoms. The molecule has 0 radical (unpaired) electrons. The number of nitrogens with one attached hydrogen (secondary N) is 1. The number of aromatic nitrogens is 2. The SMILES string of the molecule is COc1c(OC[C@@H]2CC3(CC3)CN2C)cc2c(N[C@H](C)c3cccc(C(F)(F)C(C)(C)O)c3F)nc(C)nc2c1F. The Kier molecular flexibility index (Phi) is 7.34. The van der Waals surface area contributed by atoms with Crippen LogP contribution in [0.15, 0.2) is 24.3 Å². The summed E-state index contributed by atoms with van der Waals surface area (Å²) in [5.41, 5.74) is -3.11. The lowest BCUT2D eigenvalue weighted by Gasteiger charge is -2.30. The van der Waals surface area contributed by atoms with E-state index >= 15 is 8.78 Å². The minimum Gasteiger partial charge on any atom is -0.490 e. The molecule has 2 aromatic carbocycles. The number of likely N-dealkylation sites (N-methyl/N-ethyl adjacent to an activating group) is 1. The maximum atomic E-state index is 15.7. The fourth-order valence-corrected chi connectivity index (χ4v) is 5.73. The van der Waals surface area contributed by atoms with Crippen molar-refractivity contribution < 1.29 is 32.1 Å². The van der Waals surface area contributed by atoms with Crippen LogP contribution in [0.4, 0.5) is 23.4 Å². The van der Waals surface area contributed by atoms with Crippen molar-refractivity contribution in [1.29, 1.82) is 0 Å². The molecule has 5 rings (SSSR count). The summed E-state index contributed by atoms with van der Waals surface area (Å²) in [5, 5.41) is 13.3. The molecule has 41 heavy (non-hydrogen) atoms. The molecule has 7 nitrogen and oxygen atoms in total.